The second-order valence-electron chi connectivity index (χ2n) is 3.29. The van der Waals surface area contributed by atoms with Gasteiger partial charge in [0.1, 0.15) is 6.04 Å². The van der Waals surface area contributed by atoms with Gasteiger partial charge in [-0.2, -0.15) is 0 Å². The van der Waals surface area contributed by atoms with Gasteiger partial charge in [-0.15, -0.1) is 11.8 Å². The lowest BCUT2D eigenvalue weighted by atomic mass is 10.2. The minimum Gasteiger partial charge on any atom is -0.368 e. The minimum atomic E-state index is -0.448. The van der Waals surface area contributed by atoms with Crippen molar-refractivity contribution in [1.82, 2.24) is 4.90 Å². The first kappa shape index (κ1) is 8.83. The van der Waals surface area contributed by atoms with E-state index in [4.69, 9.17) is 11.5 Å². The van der Waals surface area contributed by atoms with Gasteiger partial charge in [0.15, 0.2) is 0 Å². The van der Waals surface area contributed by atoms with Gasteiger partial charge < -0.3 is 16.4 Å². The van der Waals surface area contributed by atoms with Gasteiger partial charge in [-0.1, -0.05) is 0 Å². The fourth-order valence-electron chi connectivity index (χ4n) is 1.77. The summed E-state index contributed by atoms with van der Waals surface area (Å²) in [4.78, 5) is 24.0. The quantitative estimate of drug-likeness (QED) is 0.539. The number of nitrogens with two attached hydrogens (primary N) is 2. The van der Waals surface area contributed by atoms with E-state index in [0.717, 1.165) is 0 Å². The molecule has 5 nitrogen and oxygen atoms in total. The summed E-state index contributed by atoms with van der Waals surface area (Å²) < 4.78 is 0. The zero-order valence-corrected chi connectivity index (χ0v) is 7.79. The normalized spacial score (nSPS) is 38.1. The van der Waals surface area contributed by atoms with Gasteiger partial charge in [-0.3, -0.25) is 9.59 Å². The molecule has 2 rings (SSSR count). The Balaban J connectivity index is 2.21. The Morgan fingerprint density at radius 1 is 1.62 bits per heavy atom. The van der Waals surface area contributed by atoms with Crippen LogP contribution < -0.4 is 11.5 Å². The van der Waals surface area contributed by atoms with E-state index in [1.54, 1.807) is 11.8 Å². The fraction of sp³-hybridized carbons (Fsp3) is 0.714. The van der Waals surface area contributed by atoms with Crippen molar-refractivity contribution in [1.29, 1.82) is 0 Å². The zero-order chi connectivity index (χ0) is 9.59. The summed E-state index contributed by atoms with van der Waals surface area (Å²) in [5.41, 5.74) is 10.7. The van der Waals surface area contributed by atoms with Crippen molar-refractivity contribution in [2.45, 2.75) is 23.9 Å². The molecule has 3 unspecified atom stereocenters. The SMILES string of the molecule is NC(=O)C1CSC2CC(N)C(=O)N21. The average Bonchev–Trinajstić information content (AvgIpc) is 2.55. The highest BCUT2D eigenvalue weighted by Crippen LogP contribution is 2.36. The zero-order valence-electron chi connectivity index (χ0n) is 6.97. The number of hydrogen-bond acceptors (Lipinski definition) is 4. The van der Waals surface area contributed by atoms with E-state index in [1.807, 2.05) is 0 Å². The van der Waals surface area contributed by atoms with Crippen molar-refractivity contribution in [3.63, 3.8) is 0 Å². The van der Waals surface area contributed by atoms with Crippen LogP contribution in [0.1, 0.15) is 6.42 Å². The van der Waals surface area contributed by atoms with Crippen LogP contribution in [0, 0.1) is 0 Å². The first-order valence-electron chi connectivity index (χ1n) is 4.10. The smallest absolute Gasteiger partial charge is 0.241 e. The molecule has 72 valence electrons. The molecule has 2 aliphatic heterocycles. The molecule has 0 aromatic heterocycles. The lowest BCUT2D eigenvalue weighted by molar-refractivity contribution is -0.135. The third-order valence-electron chi connectivity index (χ3n) is 2.45. The van der Waals surface area contributed by atoms with Gasteiger partial charge in [-0.25, -0.2) is 0 Å². The maximum atomic E-state index is 11.5. The molecule has 0 aromatic carbocycles. The second kappa shape index (κ2) is 2.88. The van der Waals surface area contributed by atoms with Gasteiger partial charge >= 0.3 is 0 Å². The summed E-state index contributed by atoms with van der Waals surface area (Å²) in [6.45, 7) is 0. The summed E-state index contributed by atoms with van der Waals surface area (Å²) in [6.07, 6.45) is 0.632. The van der Waals surface area contributed by atoms with Crippen molar-refractivity contribution in [3.05, 3.63) is 0 Å². The van der Waals surface area contributed by atoms with Gasteiger partial charge in [0.05, 0.1) is 11.4 Å². The van der Waals surface area contributed by atoms with Crippen molar-refractivity contribution >= 4 is 23.6 Å². The van der Waals surface area contributed by atoms with E-state index in [2.05, 4.69) is 0 Å². The van der Waals surface area contributed by atoms with E-state index in [1.165, 1.54) is 4.90 Å². The summed E-state index contributed by atoms with van der Waals surface area (Å²) in [5, 5.41) is 0.0694. The molecule has 0 aliphatic carbocycles. The number of primary amides is 1. The van der Waals surface area contributed by atoms with Crippen LogP contribution in [0.5, 0.6) is 0 Å². The molecule has 2 fully saturated rings. The Morgan fingerprint density at radius 3 is 2.92 bits per heavy atom. The van der Waals surface area contributed by atoms with Crippen molar-refractivity contribution < 1.29 is 9.59 Å². The van der Waals surface area contributed by atoms with Crippen molar-refractivity contribution in [2.24, 2.45) is 11.5 Å². The number of rotatable bonds is 1. The number of hydrogen-bond donors (Lipinski definition) is 2. The highest BCUT2D eigenvalue weighted by atomic mass is 32.2. The average molecular weight is 201 g/mol. The Hall–Kier alpha value is -0.750. The van der Waals surface area contributed by atoms with E-state index in [-0.39, 0.29) is 11.3 Å². The number of carbonyl (C=O) groups excluding carboxylic acids is 2. The summed E-state index contributed by atoms with van der Waals surface area (Å²) >= 11 is 1.58. The van der Waals surface area contributed by atoms with E-state index < -0.39 is 18.0 Å². The fourth-order valence-corrected chi connectivity index (χ4v) is 3.25. The van der Waals surface area contributed by atoms with Gasteiger partial charge in [0.2, 0.25) is 11.8 Å². The number of nitrogens with zero attached hydrogens (tertiary/aromatic N) is 1. The minimum absolute atomic E-state index is 0.0694. The van der Waals surface area contributed by atoms with Crippen LogP contribution in [0.2, 0.25) is 0 Å². The molecule has 0 saturated carbocycles. The predicted octanol–water partition coefficient (Wildman–Crippen LogP) is -1.53. The third kappa shape index (κ3) is 1.21. The predicted molar refractivity (Wildman–Crippen MR) is 48.7 cm³/mol. The van der Waals surface area contributed by atoms with Gasteiger partial charge in [0.25, 0.3) is 0 Å². The molecule has 0 bridgehead atoms. The molecule has 2 saturated heterocycles. The Kier molecular flexibility index (Phi) is 1.96. The lowest BCUT2D eigenvalue weighted by Crippen LogP contribution is -2.47. The first-order chi connectivity index (χ1) is 6.11. The Morgan fingerprint density at radius 2 is 2.31 bits per heavy atom. The maximum absolute atomic E-state index is 11.5. The molecule has 3 atom stereocenters. The highest BCUT2D eigenvalue weighted by molar-refractivity contribution is 8.00. The summed E-state index contributed by atoms with van der Waals surface area (Å²) in [7, 11) is 0. The van der Waals surface area contributed by atoms with Crippen molar-refractivity contribution in [3.8, 4) is 0 Å². The van der Waals surface area contributed by atoms with Crippen LogP contribution in [-0.4, -0.2) is 39.9 Å². The molecular formula is C7H11N3O2S. The molecule has 2 aliphatic rings. The molecule has 2 heterocycles. The maximum Gasteiger partial charge on any atom is 0.241 e. The molecule has 0 spiro atoms. The van der Waals surface area contributed by atoms with Crippen molar-refractivity contribution in [2.75, 3.05) is 5.75 Å². The summed E-state index contributed by atoms with van der Waals surface area (Å²) in [6, 6.07) is -0.893. The summed E-state index contributed by atoms with van der Waals surface area (Å²) in [5.74, 6) is 0.0367. The van der Waals surface area contributed by atoms with Crippen LogP contribution in [-0.2, 0) is 9.59 Å². The van der Waals surface area contributed by atoms with Gasteiger partial charge in [-0.05, 0) is 0 Å². The van der Waals surface area contributed by atoms with Crippen LogP contribution in [0.4, 0.5) is 0 Å². The van der Waals surface area contributed by atoms with E-state index >= 15 is 0 Å². The number of thioether (sulfide) groups is 1. The standard InChI is InChI=1S/C7H11N3O2S/c8-3-1-5-10(7(3)12)4(2-13-5)6(9)11/h3-5H,1-2,8H2,(H2,9,11). The molecule has 0 aromatic rings. The molecule has 2 amide bonds. The number of amides is 2. The van der Waals surface area contributed by atoms with Crippen LogP contribution >= 0.6 is 11.8 Å². The largest absolute Gasteiger partial charge is 0.368 e. The second-order valence-corrected chi connectivity index (χ2v) is 4.50. The Bertz CT molecular complexity index is 270. The number of carbonyl (C=O) groups is 2. The molecule has 13 heavy (non-hydrogen) atoms. The topological polar surface area (TPSA) is 89.4 Å². The van der Waals surface area contributed by atoms with Gasteiger partial charge in [0, 0.05) is 12.2 Å². The Labute approximate surface area is 79.8 Å². The molecule has 0 radical (unpaired) electrons. The van der Waals surface area contributed by atoms with Crippen LogP contribution in [0.15, 0.2) is 0 Å². The third-order valence-corrected chi connectivity index (χ3v) is 3.76. The van der Waals surface area contributed by atoms with E-state index in [9.17, 15) is 9.59 Å². The molecular weight excluding hydrogens is 190 g/mol. The monoisotopic (exact) mass is 201 g/mol. The van der Waals surface area contributed by atoms with Crippen LogP contribution in [0.3, 0.4) is 0 Å². The molecule has 6 heteroatoms. The van der Waals surface area contributed by atoms with Crippen LogP contribution in [0.25, 0.3) is 0 Å². The molecule has 4 N–H and O–H groups in total. The number of fused-ring (bicyclic) bond motifs is 1. The lowest BCUT2D eigenvalue weighted by Gasteiger charge is -2.20. The van der Waals surface area contributed by atoms with E-state index in [0.29, 0.717) is 12.2 Å². The first-order valence-corrected chi connectivity index (χ1v) is 5.15. The highest BCUT2D eigenvalue weighted by Gasteiger charge is 2.47.